The second kappa shape index (κ2) is 7.81. The molecule has 3 aromatic heterocycles. The predicted octanol–water partition coefficient (Wildman–Crippen LogP) is 6.38. The molecule has 0 fully saturated rings. The molecule has 0 aliphatic carbocycles. The molecule has 0 amide bonds. The number of thiophene rings is 1. The number of fused-ring (bicyclic) bond motifs is 3. The van der Waals surface area contributed by atoms with E-state index < -0.39 is 0 Å². The zero-order valence-corrected chi connectivity index (χ0v) is 18.8. The summed E-state index contributed by atoms with van der Waals surface area (Å²) in [5, 5.41) is 4.93. The van der Waals surface area contributed by atoms with Gasteiger partial charge in [-0.3, -0.25) is 9.98 Å². The first-order chi connectivity index (χ1) is 15.0. The quantitative estimate of drug-likeness (QED) is 0.321. The van der Waals surface area contributed by atoms with Gasteiger partial charge in [-0.05, 0) is 50.6 Å². The van der Waals surface area contributed by atoms with Gasteiger partial charge in [0.15, 0.2) is 5.76 Å². The first kappa shape index (κ1) is 19.7. The molecule has 1 atom stereocenters. The Morgan fingerprint density at radius 1 is 1.06 bits per heavy atom. The maximum absolute atomic E-state index is 6.14. The molecule has 0 spiro atoms. The van der Waals surface area contributed by atoms with Crippen molar-refractivity contribution in [3.05, 3.63) is 92.4 Å². The fourth-order valence-corrected chi connectivity index (χ4v) is 5.14. The molecule has 6 heteroatoms. The van der Waals surface area contributed by atoms with Crippen molar-refractivity contribution in [1.29, 1.82) is 0 Å². The number of benzene rings is 1. The highest BCUT2D eigenvalue weighted by Crippen LogP contribution is 2.45. The van der Waals surface area contributed by atoms with Gasteiger partial charge in [-0.2, -0.15) is 0 Å². The van der Waals surface area contributed by atoms with E-state index >= 15 is 0 Å². The van der Waals surface area contributed by atoms with E-state index in [1.165, 1.54) is 0 Å². The summed E-state index contributed by atoms with van der Waals surface area (Å²) in [6.07, 6.45) is 3.52. The Bertz CT molecular complexity index is 1370. The SMILES string of the molecule is Cc1noc2c1-c1sc(C#Cc3cccnc3)c(C)c1C(c1ccc(Cl)cc1)=N[C@H]2C. The summed E-state index contributed by atoms with van der Waals surface area (Å²) in [4.78, 5) is 11.3. The number of hydrogen-bond donors (Lipinski definition) is 0. The van der Waals surface area contributed by atoms with Gasteiger partial charge in [0.1, 0.15) is 6.04 Å². The fraction of sp³-hybridized carbons (Fsp3) is 0.160. The molecule has 1 aromatic carbocycles. The van der Waals surface area contributed by atoms with Gasteiger partial charge in [0.25, 0.3) is 0 Å². The molecule has 0 N–H and O–H groups in total. The molecule has 0 unspecified atom stereocenters. The number of aryl methyl sites for hydroxylation is 1. The summed E-state index contributed by atoms with van der Waals surface area (Å²) < 4.78 is 5.70. The zero-order chi connectivity index (χ0) is 21.5. The molecule has 1 aliphatic rings. The molecule has 5 rings (SSSR count). The van der Waals surface area contributed by atoms with Crippen molar-refractivity contribution in [1.82, 2.24) is 10.1 Å². The lowest BCUT2D eigenvalue weighted by molar-refractivity contribution is 0.366. The van der Waals surface area contributed by atoms with Gasteiger partial charge in [0.05, 0.1) is 26.7 Å². The standard InChI is InChI=1S/C25H18ClN3OS/c1-14-20(11-6-17-5-4-12-27-13-17)31-25-21(14)23(18-7-9-19(26)10-8-18)28-16(3)24-22(25)15(2)29-30-24/h4-5,7-10,12-13,16H,1-3H3/t16-/m0/s1. The molecule has 4 heterocycles. The lowest BCUT2D eigenvalue weighted by atomic mass is 9.96. The Morgan fingerprint density at radius 3 is 2.61 bits per heavy atom. The topological polar surface area (TPSA) is 51.3 Å². The Kier molecular flexibility index (Phi) is 4.97. The van der Waals surface area contributed by atoms with Gasteiger partial charge in [0, 0.05) is 34.1 Å². The van der Waals surface area contributed by atoms with Crippen molar-refractivity contribution in [3.63, 3.8) is 0 Å². The molecule has 152 valence electrons. The van der Waals surface area contributed by atoms with Gasteiger partial charge in [-0.1, -0.05) is 40.7 Å². The maximum atomic E-state index is 6.14. The molecular formula is C25H18ClN3OS. The van der Waals surface area contributed by atoms with Crippen LogP contribution >= 0.6 is 22.9 Å². The van der Waals surface area contributed by atoms with E-state index in [1.54, 1.807) is 23.7 Å². The number of pyridine rings is 1. The molecule has 1 aliphatic heterocycles. The summed E-state index contributed by atoms with van der Waals surface area (Å²) >= 11 is 7.80. The summed E-state index contributed by atoms with van der Waals surface area (Å²) in [6.45, 7) is 6.11. The number of aromatic nitrogens is 2. The van der Waals surface area contributed by atoms with Crippen LogP contribution in [0.1, 0.15) is 51.6 Å². The number of rotatable bonds is 1. The Balaban J connectivity index is 1.74. The average molecular weight is 444 g/mol. The molecule has 4 nitrogen and oxygen atoms in total. The van der Waals surface area contributed by atoms with Gasteiger partial charge in [-0.15, -0.1) is 11.3 Å². The normalized spacial score (nSPS) is 14.7. The highest BCUT2D eigenvalue weighted by atomic mass is 35.5. The average Bonchev–Trinajstić information content (AvgIpc) is 3.27. The summed E-state index contributed by atoms with van der Waals surface area (Å²) in [7, 11) is 0. The Morgan fingerprint density at radius 2 is 1.87 bits per heavy atom. The van der Waals surface area contributed by atoms with Gasteiger partial charge in [0.2, 0.25) is 0 Å². The number of aliphatic imine (C=N–C) groups is 1. The minimum Gasteiger partial charge on any atom is -0.358 e. The minimum absolute atomic E-state index is 0.147. The van der Waals surface area contributed by atoms with Crippen LogP contribution in [0.2, 0.25) is 5.02 Å². The molecule has 0 radical (unpaired) electrons. The lowest BCUT2D eigenvalue weighted by Crippen LogP contribution is -2.06. The Labute approximate surface area is 189 Å². The van der Waals surface area contributed by atoms with E-state index in [4.69, 9.17) is 21.1 Å². The third-order valence-corrected chi connectivity index (χ3v) is 6.78. The minimum atomic E-state index is -0.147. The van der Waals surface area contributed by atoms with Crippen LogP contribution in [0.4, 0.5) is 0 Å². The summed E-state index contributed by atoms with van der Waals surface area (Å²) in [5.41, 5.74) is 6.90. The first-order valence-corrected chi connectivity index (χ1v) is 11.1. The van der Waals surface area contributed by atoms with Crippen molar-refractivity contribution in [3.8, 4) is 22.3 Å². The smallest absolute Gasteiger partial charge is 0.169 e. The van der Waals surface area contributed by atoms with Crippen LogP contribution in [-0.2, 0) is 0 Å². The van der Waals surface area contributed by atoms with E-state index in [1.807, 2.05) is 50.2 Å². The summed E-state index contributed by atoms with van der Waals surface area (Å²) in [5.74, 6) is 7.36. The third-order valence-electron chi connectivity index (χ3n) is 5.30. The molecule has 0 saturated carbocycles. The third kappa shape index (κ3) is 3.48. The van der Waals surface area contributed by atoms with Crippen LogP contribution < -0.4 is 0 Å². The van der Waals surface area contributed by atoms with Crippen molar-refractivity contribution >= 4 is 28.6 Å². The van der Waals surface area contributed by atoms with E-state index in [9.17, 15) is 0 Å². The molecule has 4 aromatic rings. The van der Waals surface area contributed by atoms with Crippen molar-refractivity contribution < 1.29 is 4.52 Å². The van der Waals surface area contributed by atoms with Crippen LogP contribution in [-0.4, -0.2) is 15.9 Å². The van der Waals surface area contributed by atoms with Crippen LogP contribution in [0.15, 0.2) is 58.3 Å². The van der Waals surface area contributed by atoms with Crippen molar-refractivity contribution in [2.45, 2.75) is 26.8 Å². The lowest BCUT2D eigenvalue weighted by Gasteiger charge is -2.09. The van der Waals surface area contributed by atoms with Gasteiger partial charge < -0.3 is 4.52 Å². The van der Waals surface area contributed by atoms with Crippen LogP contribution in [0.25, 0.3) is 10.4 Å². The van der Waals surface area contributed by atoms with Crippen molar-refractivity contribution in [2.75, 3.05) is 0 Å². The second-order valence-corrected chi connectivity index (χ2v) is 8.88. The maximum Gasteiger partial charge on any atom is 0.169 e. The summed E-state index contributed by atoms with van der Waals surface area (Å²) in [6, 6.07) is 11.5. The predicted molar refractivity (Wildman–Crippen MR) is 125 cm³/mol. The van der Waals surface area contributed by atoms with E-state index in [2.05, 4.69) is 28.9 Å². The number of halogens is 1. The number of nitrogens with zero attached hydrogens (tertiary/aromatic N) is 3. The van der Waals surface area contributed by atoms with E-state index in [0.717, 1.165) is 54.7 Å². The molecule has 0 saturated heterocycles. The highest BCUT2D eigenvalue weighted by molar-refractivity contribution is 7.16. The molecule has 0 bridgehead atoms. The first-order valence-electron chi connectivity index (χ1n) is 9.89. The van der Waals surface area contributed by atoms with E-state index in [-0.39, 0.29) is 6.04 Å². The van der Waals surface area contributed by atoms with Gasteiger partial charge in [-0.25, -0.2) is 0 Å². The van der Waals surface area contributed by atoms with Gasteiger partial charge >= 0.3 is 0 Å². The highest BCUT2D eigenvalue weighted by Gasteiger charge is 2.31. The molecular weight excluding hydrogens is 426 g/mol. The van der Waals surface area contributed by atoms with E-state index in [0.29, 0.717) is 5.02 Å². The fourth-order valence-electron chi connectivity index (χ4n) is 3.75. The van der Waals surface area contributed by atoms with Crippen LogP contribution in [0, 0.1) is 25.7 Å². The monoisotopic (exact) mass is 443 g/mol. The molecule has 31 heavy (non-hydrogen) atoms. The Hall–Kier alpha value is -3.20. The zero-order valence-electron chi connectivity index (χ0n) is 17.2. The largest absolute Gasteiger partial charge is 0.358 e. The van der Waals surface area contributed by atoms with Crippen LogP contribution in [0.3, 0.4) is 0 Å². The van der Waals surface area contributed by atoms with Crippen LogP contribution in [0.5, 0.6) is 0 Å². The van der Waals surface area contributed by atoms with Crippen molar-refractivity contribution in [2.24, 2.45) is 4.99 Å². The second-order valence-electron chi connectivity index (χ2n) is 7.42. The number of hydrogen-bond acceptors (Lipinski definition) is 5.